The Morgan fingerprint density at radius 1 is 0.882 bits per heavy atom. The third-order valence-electron chi connectivity index (χ3n) is 9.28. The van der Waals surface area contributed by atoms with Gasteiger partial charge in [0, 0.05) is 30.3 Å². The summed E-state index contributed by atoms with van der Waals surface area (Å²) in [6, 6.07) is 35.1. The fourth-order valence-electron chi connectivity index (χ4n) is 6.64. The van der Waals surface area contributed by atoms with Gasteiger partial charge < -0.3 is 25.4 Å². The third kappa shape index (κ3) is 7.56. The van der Waals surface area contributed by atoms with Gasteiger partial charge in [-0.25, -0.2) is 9.97 Å². The molecule has 1 atom stereocenters. The number of aryl methyl sites for hydroxylation is 1. The predicted octanol–water partition coefficient (Wildman–Crippen LogP) is 8.80. The van der Waals surface area contributed by atoms with E-state index in [1.165, 1.54) is 16.0 Å². The number of pyridine rings is 1. The first-order valence-electron chi connectivity index (χ1n) is 17.2. The molecule has 51 heavy (non-hydrogen) atoms. The molecule has 6 aromatic rings. The molecule has 4 aromatic carbocycles. The molecule has 0 saturated carbocycles. The lowest BCUT2D eigenvalue weighted by molar-refractivity contribution is -0.115. The van der Waals surface area contributed by atoms with Crippen LogP contribution < -0.4 is 20.7 Å². The number of aromatic nitrogens is 2. The lowest BCUT2D eigenvalue weighted by atomic mass is 9.92. The fraction of sp³-hybridized carbons (Fsp3) is 0.214. The van der Waals surface area contributed by atoms with Crippen molar-refractivity contribution in [2.75, 3.05) is 44.5 Å². The summed E-state index contributed by atoms with van der Waals surface area (Å²) < 4.78 is 11.8. The number of nitrogens with one attached hydrogen (secondary N) is 3. The highest BCUT2D eigenvalue weighted by Crippen LogP contribution is 2.41. The van der Waals surface area contributed by atoms with Crippen LogP contribution in [-0.2, 0) is 16.0 Å². The van der Waals surface area contributed by atoms with Gasteiger partial charge in [-0.05, 0) is 72.5 Å². The number of thiazole rings is 1. The van der Waals surface area contributed by atoms with Crippen molar-refractivity contribution in [2.24, 2.45) is 0 Å². The van der Waals surface area contributed by atoms with Crippen LogP contribution in [0.4, 0.5) is 11.4 Å². The van der Waals surface area contributed by atoms with Crippen LogP contribution >= 0.6 is 11.3 Å². The number of amides is 1. The average molecular weight is 696 g/mol. The van der Waals surface area contributed by atoms with Crippen molar-refractivity contribution in [3.05, 3.63) is 125 Å². The number of methoxy groups -OCH3 is 1. The molecule has 1 amide bonds. The maximum atomic E-state index is 13.2. The smallest absolute Gasteiger partial charge is 0.228 e. The van der Waals surface area contributed by atoms with Crippen molar-refractivity contribution in [1.82, 2.24) is 15.3 Å². The summed E-state index contributed by atoms with van der Waals surface area (Å²) in [6.45, 7) is 3.81. The molecular weight excluding hydrogens is 655 g/mol. The van der Waals surface area contributed by atoms with E-state index in [0.717, 1.165) is 68.4 Å². The maximum Gasteiger partial charge on any atom is 0.228 e. The lowest BCUT2D eigenvalue weighted by Crippen LogP contribution is -2.19. The Balaban J connectivity index is 1.06. The minimum absolute atomic E-state index is 0.0655. The average Bonchev–Trinajstić information content (AvgIpc) is 3.54. The topological polar surface area (TPSA) is 97.4 Å². The van der Waals surface area contributed by atoms with Gasteiger partial charge in [0.05, 0.1) is 59.0 Å². The van der Waals surface area contributed by atoms with Crippen LogP contribution in [0.3, 0.4) is 0 Å². The highest BCUT2D eigenvalue weighted by Gasteiger charge is 2.25. The number of anilines is 2. The number of fused-ring (bicyclic) bond motifs is 3. The first-order chi connectivity index (χ1) is 25.0. The van der Waals surface area contributed by atoms with Gasteiger partial charge in [-0.15, -0.1) is 11.3 Å². The first-order valence-corrected chi connectivity index (χ1v) is 18.1. The molecule has 0 spiro atoms. The molecule has 0 radical (unpaired) electrons. The number of hydrogen-bond acceptors (Lipinski definition) is 8. The van der Waals surface area contributed by atoms with E-state index in [4.69, 9.17) is 14.5 Å². The summed E-state index contributed by atoms with van der Waals surface area (Å²) in [5.74, 6) is 0.668. The molecule has 1 unspecified atom stereocenters. The monoisotopic (exact) mass is 695 g/mol. The van der Waals surface area contributed by atoms with Crippen LogP contribution in [-0.4, -0.2) is 49.8 Å². The molecule has 1 aliphatic rings. The van der Waals surface area contributed by atoms with Gasteiger partial charge in [0.2, 0.25) is 5.91 Å². The van der Waals surface area contributed by atoms with E-state index in [2.05, 4.69) is 69.5 Å². The van der Waals surface area contributed by atoms with Crippen molar-refractivity contribution in [3.8, 4) is 49.8 Å². The highest BCUT2D eigenvalue weighted by atomic mass is 32.1. The summed E-state index contributed by atoms with van der Waals surface area (Å²) in [7, 11) is 3.66. The molecule has 0 fully saturated rings. The van der Waals surface area contributed by atoms with E-state index in [1.54, 1.807) is 18.4 Å². The second-order valence-electron chi connectivity index (χ2n) is 12.5. The number of ether oxygens (including phenoxy) is 2. The first kappa shape index (κ1) is 34.1. The lowest BCUT2D eigenvalue weighted by Gasteiger charge is -2.18. The Morgan fingerprint density at radius 3 is 2.43 bits per heavy atom. The standard InChI is InChI=1S/C42H41N5O3S/c1-27-42(51-26-45-27)30-15-13-29(14-16-30)35(43-2)19-21-50-22-20-44-38-23-31(17-18-39(38)49-3)33-24-37(28-9-5-4-6-10-28)47-41-32-11-7-8-12-36(32)46-40(48)25-34(33)41/h4-18,23-24,26,35,43-44H,19-22,25H2,1-3H3,(H,46,48). The minimum atomic E-state index is -0.0655. The van der Waals surface area contributed by atoms with Crippen molar-refractivity contribution < 1.29 is 14.3 Å². The van der Waals surface area contributed by atoms with Gasteiger partial charge in [0.15, 0.2) is 0 Å². The van der Waals surface area contributed by atoms with Crippen molar-refractivity contribution in [1.29, 1.82) is 0 Å². The summed E-state index contributed by atoms with van der Waals surface area (Å²) in [6.07, 6.45) is 1.06. The summed E-state index contributed by atoms with van der Waals surface area (Å²) >= 11 is 1.67. The summed E-state index contributed by atoms with van der Waals surface area (Å²) in [5.41, 5.74) is 13.4. The zero-order valence-electron chi connectivity index (χ0n) is 29.0. The van der Waals surface area contributed by atoms with Crippen LogP contribution in [0.2, 0.25) is 0 Å². The van der Waals surface area contributed by atoms with E-state index in [0.29, 0.717) is 19.8 Å². The highest BCUT2D eigenvalue weighted by molar-refractivity contribution is 7.13. The van der Waals surface area contributed by atoms with E-state index in [1.807, 2.05) is 74.1 Å². The Hall–Kier alpha value is -5.35. The Bertz CT molecular complexity index is 2130. The van der Waals surface area contributed by atoms with Crippen molar-refractivity contribution in [2.45, 2.75) is 25.8 Å². The van der Waals surface area contributed by atoms with Gasteiger partial charge >= 0.3 is 0 Å². The zero-order valence-corrected chi connectivity index (χ0v) is 29.8. The number of benzene rings is 4. The van der Waals surface area contributed by atoms with Crippen molar-refractivity contribution in [3.63, 3.8) is 0 Å². The van der Waals surface area contributed by atoms with Gasteiger partial charge in [-0.1, -0.05) is 78.9 Å². The van der Waals surface area contributed by atoms with E-state index in [9.17, 15) is 4.79 Å². The third-order valence-corrected chi connectivity index (χ3v) is 10.3. The van der Waals surface area contributed by atoms with Crippen LogP contribution in [0.25, 0.3) is 44.1 Å². The van der Waals surface area contributed by atoms with E-state index in [-0.39, 0.29) is 18.4 Å². The number of nitrogens with zero attached hydrogens (tertiary/aromatic N) is 2. The quantitative estimate of drug-likeness (QED) is 0.104. The van der Waals surface area contributed by atoms with Crippen LogP contribution in [0, 0.1) is 6.92 Å². The molecule has 0 bridgehead atoms. The Morgan fingerprint density at radius 2 is 1.67 bits per heavy atom. The van der Waals surface area contributed by atoms with Crippen molar-refractivity contribution >= 4 is 28.6 Å². The number of rotatable bonds is 13. The zero-order chi connectivity index (χ0) is 35.2. The van der Waals surface area contributed by atoms with E-state index >= 15 is 0 Å². The second-order valence-corrected chi connectivity index (χ2v) is 13.3. The Kier molecular flexibility index (Phi) is 10.5. The maximum absolute atomic E-state index is 13.2. The normalized spacial score (nSPS) is 12.7. The molecule has 9 heteroatoms. The molecule has 2 aromatic heterocycles. The second kappa shape index (κ2) is 15.7. The number of carbonyl (C=O) groups is 1. The molecule has 3 N–H and O–H groups in total. The van der Waals surface area contributed by atoms with Gasteiger partial charge in [-0.3, -0.25) is 4.79 Å². The molecule has 3 heterocycles. The molecule has 0 saturated heterocycles. The van der Waals surface area contributed by atoms with Gasteiger partial charge in [0.25, 0.3) is 0 Å². The molecule has 7 rings (SSSR count). The summed E-state index contributed by atoms with van der Waals surface area (Å²) in [5, 5.41) is 10.0. The van der Waals surface area contributed by atoms with Crippen LogP contribution in [0.1, 0.15) is 29.3 Å². The SMILES string of the molecule is CNC(CCOCCNc1cc(-c2cc(-c3ccccc3)nc3c2CC(=O)Nc2ccccc2-3)ccc1OC)c1ccc(-c2scnc2C)cc1. The van der Waals surface area contributed by atoms with Gasteiger partial charge in [0.1, 0.15) is 5.75 Å². The number of hydrogen-bond donors (Lipinski definition) is 3. The number of para-hydroxylation sites is 1. The Labute approximate surface area is 302 Å². The minimum Gasteiger partial charge on any atom is -0.495 e. The molecule has 1 aliphatic heterocycles. The number of carbonyl (C=O) groups excluding carboxylic acids is 1. The fourth-order valence-corrected chi connectivity index (χ4v) is 7.45. The van der Waals surface area contributed by atoms with Crippen LogP contribution in [0.5, 0.6) is 5.75 Å². The largest absolute Gasteiger partial charge is 0.495 e. The van der Waals surface area contributed by atoms with Crippen LogP contribution in [0.15, 0.2) is 109 Å². The predicted molar refractivity (Wildman–Crippen MR) is 207 cm³/mol. The molecule has 258 valence electrons. The molecule has 8 nitrogen and oxygen atoms in total. The van der Waals surface area contributed by atoms with Gasteiger partial charge in [-0.2, -0.15) is 0 Å². The summed E-state index contributed by atoms with van der Waals surface area (Å²) in [4.78, 5) is 23.9. The van der Waals surface area contributed by atoms with E-state index < -0.39 is 0 Å². The molecule has 0 aliphatic carbocycles. The molecular formula is C42H41N5O3S.